The van der Waals surface area contributed by atoms with E-state index in [0.29, 0.717) is 5.15 Å². The molecule has 1 aromatic heterocycles. The van der Waals surface area contributed by atoms with Crippen molar-refractivity contribution < 1.29 is 4.79 Å². The van der Waals surface area contributed by atoms with E-state index in [1.807, 2.05) is 32.9 Å². The Bertz CT molecular complexity index is 724. The molecule has 3 rings (SSSR count). The number of hydrogen-bond donors (Lipinski definition) is 0. The highest BCUT2D eigenvalue weighted by molar-refractivity contribution is 6.34. The molecule has 0 unspecified atom stereocenters. The summed E-state index contributed by atoms with van der Waals surface area (Å²) in [6.45, 7) is 5.77. The van der Waals surface area contributed by atoms with E-state index in [4.69, 9.17) is 11.6 Å². The first kappa shape index (κ1) is 12.4. The molecule has 0 saturated heterocycles. The van der Waals surface area contributed by atoms with Crippen LogP contribution in [0.3, 0.4) is 0 Å². The molecule has 1 aromatic carbocycles. The Kier molecular flexibility index (Phi) is 2.39. The summed E-state index contributed by atoms with van der Waals surface area (Å²) in [5.41, 5.74) is 2.22. The van der Waals surface area contributed by atoms with E-state index in [9.17, 15) is 4.79 Å². The molecule has 1 amide bonds. The van der Waals surface area contributed by atoms with Gasteiger partial charge >= 0.3 is 0 Å². The first-order chi connectivity index (χ1) is 8.84. The first-order valence-corrected chi connectivity index (χ1v) is 6.47. The molecule has 2 heterocycles. The van der Waals surface area contributed by atoms with Gasteiger partial charge in [-0.2, -0.15) is 5.10 Å². The number of likely N-dealkylation sites (N-methyl/N-ethyl adjacent to an activating group) is 1. The minimum atomic E-state index is -0.513. The van der Waals surface area contributed by atoms with Crippen LogP contribution in [0, 0.1) is 6.92 Å². The largest absolute Gasteiger partial charge is 0.314 e. The standard InChI is InChI=1S/C14H14ClN3O/c1-7-8-5-10-11(6-9(8)12(15)17-16-7)18(4)13(19)14(10,2)3/h5-6H,1-4H3. The third-order valence-electron chi connectivity index (χ3n) is 3.91. The van der Waals surface area contributed by atoms with E-state index < -0.39 is 5.41 Å². The molecule has 1 aliphatic heterocycles. The minimum Gasteiger partial charge on any atom is -0.314 e. The fraction of sp³-hybridized carbons (Fsp3) is 0.357. The molecule has 4 nitrogen and oxygen atoms in total. The first-order valence-electron chi connectivity index (χ1n) is 6.09. The Morgan fingerprint density at radius 3 is 2.58 bits per heavy atom. The maximum Gasteiger partial charge on any atom is 0.236 e. The molecule has 0 fully saturated rings. The fourth-order valence-electron chi connectivity index (χ4n) is 2.71. The number of aromatic nitrogens is 2. The Hall–Kier alpha value is -1.68. The molecule has 1 aliphatic rings. The topological polar surface area (TPSA) is 46.1 Å². The predicted molar refractivity (Wildman–Crippen MR) is 75.7 cm³/mol. The van der Waals surface area contributed by atoms with Crippen LogP contribution in [-0.4, -0.2) is 23.2 Å². The smallest absolute Gasteiger partial charge is 0.236 e. The molecule has 0 N–H and O–H groups in total. The normalized spacial score (nSPS) is 17.1. The zero-order chi connectivity index (χ0) is 13.9. The summed E-state index contributed by atoms with van der Waals surface area (Å²) < 4.78 is 0. The van der Waals surface area contributed by atoms with Gasteiger partial charge in [-0.15, -0.1) is 5.10 Å². The van der Waals surface area contributed by atoms with Crippen LogP contribution in [0.1, 0.15) is 25.1 Å². The second-order valence-electron chi connectivity index (χ2n) is 5.48. The average molecular weight is 276 g/mol. The lowest BCUT2D eigenvalue weighted by Crippen LogP contribution is -2.33. The lowest BCUT2D eigenvalue weighted by atomic mass is 9.85. The van der Waals surface area contributed by atoms with Crippen molar-refractivity contribution in [1.29, 1.82) is 0 Å². The summed E-state index contributed by atoms with van der Waals surface area (Å²) in [5.74, 6) is 0.0903. The number of nitrogens with zero attached hydrogens (tertiary/aromatic N) is 3. The lowest BCUT2D eigenvalue weighted by Gasteiger charge is -2.16. The van der Waals surface area contributed by atoms with Crippen molar-refractivity contribution in [3.63, 3.8) is 0 Å². The van der Waals surface area contributed by atoms with Gasteiger partial charge in [-0.05, 0) is 38.5 Å². The summed E-state index contributed by atoms with van der Waals surface area (Å²) in [6, 6.07) is 3.95. The van der Waals surface area contributed by atoms with Crippen LogP contribution in [0.15, 0.2) is 12.1 Å². The van der Waals surface area contributed by atoms with Crippen LogP contribution >= 0.6 is 11.6 Å². The quantitative estimate of drug-likeness (QED) is 0.743. The Morgan fingerprint density at radius 2 is 1.89 bits per heavy atom. The Labute approximate surface area is 116 Å². The van der Waals surface area contributed by atoms with E-state index in [2.05, 4.69) is 10.2 Å². The molecule has 0 radical (unpaired) electrons. The van der Waals surface area contributed by atoms with Crippen molar-refractivity contribution in [2.24, 2.45) is 0 Å². The van der Waals surface area contributed by atoms with Crippen LogP contribution in [0.5, 0.6) is 0 Å². The number of amides is 1. The molecule has 0 bridgehead atoms. The molecular weight excluding hydrogens is 262 g/mol. The molecule has 0 atom stereocenters. The van der Waals surface area contributed by atoms with Crippen LogP contribution in [-0.2, 0) is 10.2 Å². The highest BCUT2D eigenvalue weighted by atomic mass is 35.5. The lowest BCUT2D eigenvalue weighted by molar-refractivity contribution is -0.121. The van der Waals surface area contributed by atoms with Gasteiger partial charge in [0.25, 0.3) is 0 Å². The number of rotatable bonds is 0. The maximum absolute atomic E-state index is 12.3. The van der Waals surface area contributed by atoms with Crippen molar-refractivity contribution in [2.75, 3.05) is 11.9 Å². The molecule has 5 heteroatoms. The van der Waals surface area contributed by atoms with E-state index in [-0.39, 0.29) is 5.91 Å². The fourth-order valence-corrected chi connectivity index (χ4v) is 2.90. The number of carbonyl (C=O) groups is 1. The van der Waals surface area contributed by atoms with Crippen molar-refractivity contribution in [3.05, 3.63) is 28.5 Å². The van der Waals surface area contributed by atoms with Crippen molar-refractivity contribution in [1.82, 2.24) is 10.2 Å². The zero-order valence-corrected chi connectivity index (χ0v) is 12.0. The minimum absolute atomic E-state index is 0.0903. The van der Waals surface area contributed by atoms with E-state index in [1.54, 1.807) is 11.9 Å². The number of fused-ring (bicyclic) bond motifs is 2. The summed E-state index contributed by atoms with van der Waals surface area (Å²) in [6.07, 6.45) is 0. The number of halogens is 1. The number of anilines is 1. The molecule has 0 aliphatic carbocycles. The Morgan fingerprint density at radius 1 is 1.21 bits per heavy atom. The van der Waals surface area contributed by atoms with Crippen molar-refractivity contribution in [2.45, 2.75) is 26.2 Å². The summed E-state index contributed by atoms with van der Waals surface area (Å²) >= 11 is 6.11. The summed E-state index contributed by atoms with van der Waals surface area (Å²) in [5, 5.41) is 10.1. The van der Waals surface area contributed by atoms with Gasteiger partial charge in [0.15, 0.2) is 5.15 Å². The van der Waals surface area contributed by atoms with Gasteiger partial charge in [-0.3, -0.25) is 4.79 Å². The van der Waals surface area contributed by atoms with Gasteiger partial charge in [0, 0.05) is 23.5 Å². The third-order valence-corrected chi connectivity index (χ3v) is 4.19. The van der Waals surface area contributed by atoms with Crippen LogP contribution in [0.4, 0.5) is 5.69 Å². The van der Waals surface area contributed by atoms with E-state index in [1.165, 1.54) is 0 Å². The number of hydrogen-bond acceptors (Lipinski definition) is 3. The number of carbonyl (C=O) groups excluding carboxylic acids is 1. The summed E-state index contributed by atoms with van der Waals surface area (Å²) in [7, 11) is 1.79. The number of benzene rings is 1. The number of aryl methyl sites for hydroxylation is 1. The van der Waals surface area contributed by atoms with Crippen LogP contribution in [0.25, 0.3) is 10.8 Å². The molecule has 19 heavy (non-hydrogen) atoms. The predicted octanol–water partition coefficient (Wildman–Crippen LogP) is 2.85. The molecular formula is C14H14ClN3O. The van der Waals surface area contributed by atoms with Crippen molar-refractivity contribution in [3.8, 4) is 0 Å². The van der Waals surface area contributed by atoms with E-state index in [0.717, 1.165) is 27.7 Å². The van der Waals surface area contributed by atoms with Crippen LogP contribution < -0.4 is 4.90 Å². The van der Waals surface area contributed by atoms with Gasteiger partial charge in [-0.1, -0.05) is 11.6 Å². The maximum atomic E-state index is 12.3. The Balaban J connectivity index is 2.44. The van der Waals surface area contributed by atoms with E-state index >= 15 is 0 Å². The zero-order valence-electron chi connectivity index (χ0n) is 11.3. The molecule has 0 saturated carbocycles. The SMILES string of the molecule is Cc1nnc(Cl)c2cc3c(cc12)C(C)(C)C(=O)N3C. The van der Waals surface area contributed by atoms with Crippen molar-refractivity contribution >= 4 is 34.0 Å². The second kappa shape index (κ2) is 3.67. The highest BCUT2D eigenvalue weighted by Gasteiger charge is 2.42. The van der Waals surface area contributed by atoms with Crippen LogP contribution in [0.2, 0.25) is 5.15 Å². The monoisotopic (exact) mass is 275 g/mol. The molecule has 98 valence electrons. The highest BCUT2D eigenvalue weighted by Crippen LogP contribution is 2.43. The molecule has 0 spiro atoms. The van der Waals surface area contributed by atoms with Gasteiger partial charge in [0.05, 0.1) is 11.1 Å². The third kappa shape index (κ3) is 1.49. The average Bonchev–Trinajstić information content (AvgIpc) is 2.55. The summed E-state index contributed by atoms with van der Waals surface area (Å²) in [4.78, 5) is 14.0. The van der Waals surface area contributed by atoms with Gasteiger partial charge in [-0.25, -0.2) is 0 Å². The van der Waals surface area contributed by atoms with Gasteiger partial charge in [0.2, 0.25) is 5.91 Å². The van der Waals surface area contributed by atoms with Gasteiger partial charge < -0.3 is 4.90 Å². The van der Waals surface area contributed by atoms with Gasteiger partial charge in [0.1, 0.15) is 0 Å². The second-order valence-corrected chi connectivity index (χ2v) is 5.84. The molecule has 2 aromatic rings.